The highest BCUT2D eigenvalue weighted by molar-refractivity contribution is 9.10. The van der Waals surface area contributed by atoms with Crippen LogP contribution in [0.25, 0.3) is 0 Å². The van der Waals surface area contributed by atoms with Gasteiger partial charge in [0.2, 0.25) is 0 Å². The van der Waals surface area contributed by atoms with Crippen molar-refractivity contribution in [3.8, 4) is 0 Å². The van der Waals surface area contributed by atoms with Crippen molar-refractivity contribution < 1.29 is 4.74 Å². The third-order valence-electron chi connectivity index (χ3n) is 3.26. The number of methoxy groups -OCH3 is 1. The van der Waals surface area contributed by atoms with E-state index in [2.05, 4.69) is 39.0 Å². The van der Waals surface area contributed by atoms with E-state index in [0.29, 0.717) is 12.0 Å². The summed E-state index contributed by atoms with van der Waals surface area (Å²) in [7, 11) is 1.79. The average Bonchev–Trinajstić information content (AvgIpc) is 2.38. The third-order valence-corrected chi connectivity index (χ3v) is 4.28. The maximum atomic E-state index is 5.85. The predicted molar refractivity (Wildman–Crippen MR) is 75.9 cm³/mol. The van der Waals surface area contributed by atoms with Crippen LogP contribution < -0.4 is 4.90 Å². The molecule has 0 aliphatic carbocycles. The number of halogens is 2. The molecule has 1 fully saturated rings. The molecule has 2 rings (SSSR count). The molecule has 94 valence electrons. The minimum atomic E-state index is 0.357. The first-order valence-electron chi connectivity index (χ1n) is 5.86. The molecule has 1 heterocycles. The number of alkyl halides is 1. The summed E-state index contributed by atoms with van der Waals surface area (Å²) >= 11 is 9.42. The second-order valence-corrected chi connectivity index (χ2v) is 5.48. The van der Waals surface area contributed by atoms with Gasteiger partial charge in [-0.05, 0) is 30.5 Å². The van der Waals surface area contributed by atoms with Crippen LogP contribution >= 0.6 is 27.5 Å². The van der Waals surface area contributed by atoms with Gasteiger partial charge in [-0.25, -0.2) is 0 Å². The fraction of sp³-hybridized carbons (Fsp3) is 0.538. The normalized spacial score (nSPS) is 20.6. The van der Waals surface area contributed by atoms with Crippen molar-refractivity contribution >= 4 is 33.2 Å². The number of nitrogens with zero attached hydrogens (tertiary/aromatic N) is 1. The molecule has 1 saturated heterocycles. The smallest absolute Gasteiger partial charge is 0.0746 e. The Labute approximate surface area is 116 Å². The van der Waals surface area contributed by atoms with Crippen LogP contribution in [0.1, 0.15) is 18.4 Å². The number of ether oxygens (including phenoxy) is 1. The van der Waals surface area contributed by atoms with E-state index in [4.69, 9.17) is 16.3 Å². The molecular weight excluding hydrogens is 302 g/mol. The van der Waals surface area contributed by atoms with E-state index in [1.165, 1.54) is 12.1 Å². The Kier molecular flexibility index (Phi) is 4.71. The second-order valence-electron chi connectivity index (χ2n) is 4.36. The molecule has 1 aromatic carbocycles. The molecule has 1 unspecified atom stereocenters. The molecule has 1 aromatic rings. The lowest BCUT2D eigenvalue weighted by Gasteiger charge is -2.33. The van der Waals surface area contributed by atoms with Gasteiger partial charge in [-0.3, -0.25) is 0 Å². The van der Waals surface area contributed by atoms with Gasteiger partial charge in [-0.15, -0.1) is 11.6 Å². The SMILES string of the molecule is COC1CCCN(c2ccc(CCl)c(Br)c2)C1. The first-order chi connectivity index (χ1) is 8.24. The van der Waals surface area contributed by atoms with E-state index in [1.54, 1.807) is 7.11 Å². The molecule has 2 nitrogen and oxygen atoms in total. The Hall–Kier alpha value is -0.250. The Balaban J connectivity index is 2.13. The Morgan fingerprint density at radius 2 is 2.35 bits per heavy atom. The molecule has 0 aromatic heterocycles. The summed E-state index contributed by atoms with van der Waals surface area (Å²) in [4.78, 5) is 2.38. The highest BCUT2D eigenvalue weighted by Gasteiger charge is 2.19. The topological polar surface area (TPSA) is 12.5 Å². The minimum absolute atomic E-state index is 0.357. The van der Waals surface area contributed by atoms with Crippen molar-refractivity contribution in [1.82, 2.24) is 0 Å². The predicted octanol–water partition coefficient (Wildman–Crippen LogP) is 3.80. The highest BCUT2D eigenvalue weighted by atomic mass is 79.9. The fourth-order valence-electron chi connectivity index (χ4n) is 2.21. The van der Waals surface area contributed by atoms with Gasteiger partial charge in [-0.1, -0.05) is 22.0 Å². The van der Waals surface area contributed by atoms with Gasteiger partial charge in [0.1, 0.15) is 0 Å². The number of hydrogen-bond acceptors (Lipinski definition) is 2. The maximum absolute atomic E-state index is 5.85. The van der Waals surface area contributed by atoms with Gasteiger partial charge in [0, 0.05) is 36.2 Å². The first kappa shape index (κ1) is 13.2. The number of benzene rings is 1. The van der Waals surface area contributed by atoms with E-state index in [9.17, 15) is 0 Å². The maximum Gasteiger partial charge on any atom is 0.0746 e. The Morgan fingerprint density at radius 3 is 3.00 bits per heavy atom. The molecule has 1 aliphatic heterocycles. The molecule has 0 saturated carbocycles. The summed E-state index contributed by atoms with van der Waals surface area (Å²) in [5, 5.41) is 0. The summed E-state index contributed by atoms with van der Waals surface area (Å²) in [5.41, 5.74) is 2.38. The number of anilines is 1. The van der Waals surface area contributed by atoms with Crippen LogP contribution in [0.5, 0.6) is 0 Å². The Morgan fingerprint density at radius 1 is 1.53 bits per heavy atom. The van der Waals surface area contributed by atoms with Crippen molar-refractivity contribution in [2.75, 3.05) is 25.1 Å². The first-order valence-corrected chi connectivity index (χ1v) is 7.19. The zero-order valence-corrected chi connectivity index (χ0v) is 12.3. The zero-order chi connectivity index (χ0) is 12.3. The number of piperidine rings is 1. The zero-order valence-electron chi connectivity index (χ0n) is 9.96. The lowest BCUT2D eigenvalue weighted by Crippen LogP contribution is -2.39. The number of hydrogen-bond donors (Lipinski definition) is 0. The molecule has 0 bridgehead atoms. The van der Waals surface area contributed by atoms with Gasteiger partial charge in [0.05, 0.1) is 6.10 Å². The molecule has 0 radical (unpaired) electrons. The van der Waals surface area contributed by atoms with Crippen molar-refractivity contribution in [3.63, 3.8) is 0 Å². The van der Waals surface area contributed by atoms with Gasteiger partial charge in [0.25, 0.3) is 0 Å². The van der Waals surface area contributed by atoms with Gasteiger partial charge in [-0.2, -0.15) is 0 Å². The second kappa shape index (κ2) is 6.07. The molecule has 0 N–H and O–H groups in total. The fourth-order valence-corrected chi connectivity index (χ4v) is 3.11. The van der Waals surface area contributed by atoms with E-state index >= 15 is 0 Å². The molecule has 17 heavy (non-hydrogen) atoms. The monoisotopic (exact) mass is 317 g/mol. The van der Waals surface area contributed by atoms with E-state index in [-0.39, 0.29) is 0 Å². The molecule has 0 amide bonds. The lowest BCUT2D eigenvalue weighted by molar-refractivity contribution is 0.0893. The standard InChI is InChI=1S/C13H17BrClNO/c1-17-12-3-2-6-16(9-12)11-5-4-10(8-15)13(14)7-11/h4-5,7,12H,2-3,6,8-9H2,1H3. The van der Waals surface area contributed by atoms with Crippen molar-refractivity contribution in [3.05, 3.63) is 28.2 Å². The quantitative estimate of drug-likeness (QED) is 0.786. The Bertz CT molecular complexity index is 386. The van der Waals surface area contributed by atoms with Crippen molar-refractivity contribution in [2.45, 2.75) is 24.8 Å². The van der Waals surface area contributed by atoms with Crippen LogP contribution in [0.3, 0.4) is 0 Å². The molecule has 1 aliphatic rings. The molecule has 1 atom stereocenters. The number of rotatable bonds is 3. The molecular formula is C13H17BrClNO. The van der Waals surface area contributed by atoms with Gasteiger partial charge < -0.3 is 9.64 Å². The highest BCUT2D eigenvalue weighted by Crippen LogP contribution is 2.27. The van der Waals surface area contributed by atoms with E-state index < -0.39 is 0 Å². The summed E-state index contributed by atoms with van der Waals surface area (Å²) < 4.78 is 6.53. The van der Waals surface area contributed by atoms with Crippen LogP contribution in [0.15, 0.2) is 22.7 Å². The van der Waals surface area contributed by atoms with Gasteiger partial charge >= 0.3 is 0 Å². The average molecular weight is 319 g/mol. The van der Waals surface area contributed by atoms with Crippen molar-refractivity contribution in [2.24, 2.45) is 0 Å². The third kappa shape index (κ3) is 3.15. The lowest BCUT2D eigenvalue weighted by atomic mass is 10.1. The van der Waals surface area contributed by atoms with Crippen molar-refractivity contribution in [1.29, 1.82) is 0 Å². The summed E-state index contributed by atoms with van der Waals surface area (Å²) in [5.74, 6) is 0.543. The van der Waals surface area contributed by atoms with Crippen LogP contribution in [0.2, 0.25) is 0 Å². The van der Waals surface area contributed by atoms with E-state index in [1.807, 2.05) is 0 Å². The van der Waals surface area contributed by atoms with Crippen LogP contribution in [0.4, 0.5) is 5.69 Å². The summed E-state index contributed by atoms with van der Waals surface area (Å²) in [6, 6.07) is 6.37. The van der Waals surface area contributed by atoms with E-state index in [0.717, 1.165) is 29.5 Å². The van der Waals surface area contributed by atoms with Crippen LogP contribution in [0, 0.1) is 0 Å². The summed E-state index contributed by atoms with van der Waals surface area (Å²) in [6.07, 6.45) is 2.71. The summed E-state index contributed by atoms with van der Waals surface area (Å²) in [6.45, 7) is 2.08. The van der Waals surface area contributed by atoms with Gasteiger partial charge in [0.15, 0.2) is 0 Å². The van der Waals surface area contributed by atoms with Crippen LogP contribution in [-0.2, 0) is 10.6 Å². The molecule has 0 spiro atoms. The minimum Gasteiger partial charge on any atom is -0.380 e. The van der Waals surface area contributed by atoms with Crippen LogP contribution in [-0.4, -0.2) is 26.3 Å². The largest absolute Gasteiger partial charge is 0.380 e. The molecule has 4 heteroatoms.